The van der Waals surface area contributed by atoms with Crippen LogP contribution in [0.25, 0.3) is 0 Å². The molecular weight excluding hydrogens is 522 g/mol. The molecule has 2 aromatic carbocycles. The minimum Gasteiger partial charge on any atom is -0.493 e. The number of morpholine rings is 1. The maximum atomic E-state index is 13.4. The van der Waals surface area contributed by atoms with Gasteiger partial charge in [0.2, 0.25) is 0 Å². The Kier molecular flexibility index (Phi) is 8.91. The van der Waals surface area contributed by atoms with Gasteiger partial charge in [-0.25, -0.2) is 5.01 Å². The van der Waals surface area contributed by atoms with Gasteiger partial charge >= 0.3 is 0 Å². The summed E-state index contributed by atoms with van der Waals surface area (Å²) in [6, 6.07) is 12.8. The molecule has 0 spiro atoms. The Labute approximate surface area is 242 Å². The van der Waals surface area contributed by atoms with E-state index in [9.17, 15) is 9.59 Å². The molecule has 3 aliphatic heterocycles. The van der Waals surface area contributed by atoms with Gasteiger partial charge in [-0.3, -0.25) is 19.4 Å². The second-order valence-electron chi connectivity index (χ2n) is 11.4. The van der Waals surface area contributed by atoms with Crippen molar-refractivity contribution in [3.8, 4) is 11.5 Å². The van der Waals surface area contributed by atoms with E-state index in [1.807, 2.05) is 36.9 Å². The van der Waals surface area contributed by atoms with Crippen LogP contribution in [0.15, 0.2) is 47.6 Å². The summed E-state index contributed by atoms with van der Waals surface area (Å²) in [5.41, 5.74) is 2.24. The number of carbonyl (C=O) groups is 2. The van der Waals surface area contributed by atoms with Crippen molar-refractivity contribution in [1.29, 1.82) is 0 Å². The first-order chi connectivity index (χ1) is 19.8. The Hall–Kier alpha value is -3.47. The first-order valence-corrected chi connectivity index (χ1v) is 14.4. The molecule has 5 rings (SSSR count). The average molecular weight is 564 g/mol. The summed E-state index contributed by atoms with van der Waals surface area (Å²) in [7, 11) is 3.20. The van der Waals surface area contributed by atoms with Gasteiger partial charge in [-0.2, -0.15) is 5.10 Å². The quantitative estimate of drug-likeness (QED) is 0.488. The van der Waals surface area contributed by atoms with Crippen LogP contribution < -0.4 is 14.5 Å². The number of nitrogens with zero attached hydrogens (tertiary/aromatic N) is 5. The summed E-state index contributed by atoms with van der Waals surface area (Å²) in [6.07, 6.45) is 0.493. The second kappa shape index (κ2) is 12.6. The third-order valence-corrected chi connectivity index (χ3v) is 8.17. The monoisotopic (exact) mass is 563 g/mol. The van der Waals surface area contributed by atoms with E-state index in [1.54, 1.807) is 38.5 Å². The molecule has 0 unspecified atom stereocenters. The molecule has 10 heteroatoms. The van der Waals surface area contributed by atoms with Crippen LogP contribution in [0, 0.1) is 5.41 Å². The molecule has 0 N–H and O–H groups in total. The van der Waals surface area contributed by atoms with Crippen molar-refractivity contribution in [2.45, 2.75) is 20.3 Å². The molecule has 0 bridgehead atoms. The minimum atomic E-state index is -0.653. The Morgan fingerprint density at radius 2 is 1.51 bits per heavy atom. The van der Waals surface area contributed by atoms with E-state index >= 15 is 0 Å². The fourth-order valence-electron chi connectivity index (χ4n) is 5.54. The van der Waals surface area contributed by atoms with Crippen LogP contribution in [-0.4, -0.2) is 112 Å². The van der Waals surface area contributed by atoms with Crippen molar-refractivity contribution >= 4 is 23.2 Å². The van der Waals surface area contributed by atoms with Crippen LogP contribution in [0.3, 0.4) is 0 Å². The van der Waals surface area contributed by atoms with Gasteiger partial charge in [-0.05, 0) is 42.5 Å². The lowest BCUT2D eigenvalue weighted by molar-refractivity contribution is -0.126. The van der Waals surface area contributed by atoms with Crippen molar-refractivity contribution < 1.29 is 23.8 Å². The van der Waals surface area contributed by atoms with Crippen molar-refractivity contribution in [3.63, 3.8) is 0 Å². The van der Waals surface area contributed by atoms with E-state index in [-0.39, 0.29) is 11.8 Å². The Balaban J connectivity index is 1.24. The van der Waals surface area contributed by atoms with Crippen LogP contribution in [0.1, 0.15) is 36.2 Å². The van der Waals surface area contributed by atoms with E-state index in [1.165, 1.54) is 5.01 Å². The van der Waals surface area contributed by atoms with Crippen LogP contribution in [-0.2, 0) is 9.53 Å². The molecule has 2 saturated heterocycles. The van der Waals surface area contributed by atoms with Gasteiger partial charge in [0.1, 0.15) is 0 Å². The number of piperazine rings is 1. The number of hydrazone groups is 1. The van der Waals surface area contributed by atoms with Gasteiger partial charge in [-0.15, -0.1) is 0 Å². The third kappa shape index (κ3) is 6.55. The topological polar surface area (TPSA) is 87.2 Å². The van der Waals surface area contributed by atoms with E-state index in [0.717, 1.165) is 63.8 Å². The Morgan fingerprint density at radius 1 is 0.878 bits per heavy atom. The smallest absolute Gasteiger partial charge is 0.253 e. The average Bonchev–Trinajstić information content (AvgIpc) is 3.01. The number of ether oxygens (including phenoxy) is 3. The highest BCUT2D eigenvalue weighted by Gasteiger charge is 2.39. The lowest BCUT2D eigenvalue weighted by Gasteiger charge is -2.36. The number of methoxy groups -OCH3 is 2. The van der Waals surface area contributed by atoms with Gasteiger partial charge in [0.15, 0.2) is 11.5 Å². The largest absolute Gasteiger partial charge is 0.493 e. The second-order valence-corrected chi connectivity index (χ2v) is 11.4. The van der Waals surface area contributed by atoms with E-state index in [4.69, 9.17) is 19.3 Å². The van der Waals surface area contributed by atoms with Crippen molar-refractivity contribution in [1.82, 2.24) is 14.7 Å². The maximum absolute atomic E-state index is 13.4. The number of amides is 2. The Morgan fingerprint density at radius 3 is 2.15 bits per heavy atom. The maximum Gasteiger partial charge on any atom is 0.253 e. The predicted molar refractivity (Wildman–Crippen MR) is 158 cm³/mol. The molecule has 0 aromatic heterocycles. The molecule has 0 atom stereocenters. The molecule has 3 heterocycles. The SMILES string of the molecule is COc1ccc(C2=NN(c3ccc(C(=O)N4CCN(CCN5CCOCC5)CC4)cc3)C(=O)C(C)(C)C2)cc1OC. The van der Waals surface area contributed by atoms with Crippen LogP contribution in [0.4, 0.5) is 5.69 Å². The van der Waals surface area contributed by atoms with Crippen molar-refractivity contribution in [3.05, 3.63) is 53.6 Å². The van der Waals surface area contributed by atoms with Gasteiger partial charge in [-0.1, -0.05) is 13.8 Å². The summed E-state index contributed by atoms with van der Waals surface area (Å²) in [5, 5.41) is 6.20. The number of hydrogen-bond acceptors (Lipinski definition) is 8. The molecule has 0 aliphatic carbocycles. The first kappa shape index (κ1) is 29.0. The minimum absolute atomic E-state index is 0.0178. The van der Waals surface area contributed by atoms with Gasteiger partial charge in [0.25, 0.3) is 11.8 Å². The van der Waals surface area contributed by atoms with Gasteiger partial charge in [0, 0.05) is 69.9 Å². The molecule has 10 nitrogen and oxygen atoms in total. The zero-order valence-corrected chi connectivity index (χ0v) is 24.6. The third-order valence-electron chi connectivity index (χ3n) is 8.17. The molecule has 0 radical (unpaired) electrons. The predicted octanol–water partition coefficient (Wildman–Crippen LogP) is 2.96. The molecule has 2 amide bonds. The number of hydrogen-bond donors (Lipinski definition) is 0. The Bertz CT molecular complexity index is 1260. The molecule has 2 aromatic rings. The van der Waals surface area contributed by atoms with Crippen LogP contribution in [0.2, 0.25) is 0 Å². The highest BCUT2D eigenvalue weighted by atomic mass is 16.5. The molecule has 41 heavy (non-hydrogen) atoms. The molecule has 220 valence electrons. The highest BCUT2D eigenvalue weighted by Crippen LogP contribution is 2.36. The number of benzene rings is 2. The summed E-state index contributed by atoms with van der Waals surface area (Å²) in [6.45, 7) is 12.7. The molecular formula is C31H41N5O5. The highest BCUT2D eigenvalue weighted by molar-refractivity contribution is 6.11. The van der Waals surface area contributed by atoms with E-state index < -0.39 is 5.41 Å². The zero-order chi connectivity index (χ0) is 29.0. The molecule has 2 fully saturated rings. The standard InChI is InChI=1S/C31H41N5O5/c1-31(2)22-26(24-7-10-27(39-3)28(21-24)40-4)32-36(30(31)38)25-8-5-23(6-9-25)29(37)35-15-13-33(14-16-35)11-12-34-17-19-41-20-18-34/h5-10,21H,11-20,22H2,1-4H3. The van der Waals surface area contributed by atoms with Crippen molar-refractivity contribution in [2.24, 2.45) is 10.5 Å². The zero-order valence-electron chi connectivity index (χ0n) is 24.6. The van der Waals surface area contributed by atoms with Gasteiger partial charge < -0.3 is 19.1 Å². The fourth-order valence-corrected chi connectivity index (χ4v) is 5.54. The van der Waals surface area contributed by atoms with Crippen LogP contribution in [0.5, 0.6) is 11.5 Å². The normalized spacial score (nSPS) is 20.1. The number of anilines is 1. The van der Waals surface area contributed by atoms with E-state index in [0.29, 0.717) is 42.3 Å². The lowest BCUT2D eigenvalue weighted by atomic mass is 9.82. The fraction of sp³-hybridized carbons (Fsp3) is 0.516. The summed E-state index contributed by atoms with van der Waals surface area (Å²) < 4.78 is 16.3. The van der Waals surface area contributed by atoms with Crippen molar-refractivity contribution in [2.75, 3.05) is 84.8 Å². The summed E-state index contributed by atoms with van der Waals surface area (Å²) >= 11 is 0. The summed E-state index contributed by atoms with van der Waals surface area (Å²) in [5.74, 6) is 1.17. The van der Waals surface area contributed by atoms with Gasteiger partial charge in [0.05, 0.1) is 44.2 Å². The molecule has 0 saturated carbocycles. The summed E-state index contributed by atoms with van der Waals surface area (Å²) in [4.78, 5) is 33.4. The number of rotatable bonds is 8. The van der Waals surface area contributed by atoms with Crippen LogP contribution >= 0.6 is 0 Å². The molecule has 3 aliphatic rings. The van der Waals surface area contributed by atoms with E-state index in [2.05, 4.69) is 9.80 Å². The lowest BCUT2D eigenvalue weighted by Crippen LogP contribution is -2.51. The first-order valence-electron chi connectivity index (χ1n) is 14.4. The number of carbonyl (C=O) groups excluding carboxylic acids is 2.